The van der Waals surface area contributed by atoms with Crippen LogP contribution in [0.25, 0.3) is 0 Å². The van der Waals surface area contributed by atoms with Gasteiger partial charge >= 0.3 is 6.03 Å². The van der Waals surface area contributed by atoms with Gasteiger partial charge in [-0.15, -0.1) is 0 Å². The first-order valence-electron chi connectivity index (χ1n) is 9.37. The molecule has 152 valence electrons. The van der Waals surface area contributed by atoms with E-state index in [0.29, 0.717) is 35.8 Å². The molecule has 1 saturated heterocycles. The standard InChI is InChI=1S/C21H24N4O4/c1-14(26)22-15-9-11-16(12-10-15)23-20(27)18-7-5-13-25(18)21(28)24-17-6-3-4-8-19(17)29-2/h3-4,6,8-12,18H,5,7,13H2,1-2H3,(H,22,26)(H,23,27)(H,24,28)/t18-/m0/s1. The van der Waals surface area contributed by atoms with Gasteiger partial charge in [-0.1, -0.05) is 12.1 Å². The van der Waals surface area contributed by atoms with Gasteiger partial charge in [0.2, 0.25) is 11.8 Å². The van der Waals surface area contributed by atoms with Crippen molar-refractivity contribution in [1.82, 2.24) is 4.90 Å². The average Bonchev–Trinajstić information content (AvgIpc) is 3.20. The maximum atomic E-state index is 12.7. The highest BCUT2D eigenvalue weighted by atomic mass is 16.5. The average molecular weight is 396 g/mol. The largest absolute Gasteiger partial charge is 0.495 e. The Morgan fingerprint density at radius 2 is 1.62 bits per heavy atom. The number of para-hydroxylation sites is 2. The molecule has 0 saturated carbocycles. The summed E-state index contributed by atoms with van der Waals surface area (Å²) >= 11 is 0. The molecule has 0 bridgehead atoms. The number of hydrogen-bond acceptors (Lipinski definition) is 4. The van der Waals surface area contributed by atoms with Crippen molar-refractivity contribution >= 4 is 34.9 Å². The number of ether oxygens (including phenoxy) is 1. The molecule has 2 aromatic carbocycles. The number of anilines is 3. The Labute approximate surface area is 169 Å². The molecule has 1 heterocycles. The van der Waals surface area contributed by atoms with E-state index in [2.05, 4.69) is 16.0 Å². The maximum Gasteiger partial charge on any atom is 0.322 e. The predicted molar refractivity (Wildman–Crippen MR) is 111 cm³/mol. The van der Waals surface area contributed by atoms with Crippen LogP contribution in [0.1, 0.15) is 19.8 Å². The molecule has 0 spiro atoms. The fraction of sp³-hybridized carbons (Fsp3) is 0.286. The van der Waals surface area contributed by atoms with E-state index in [0.717, 1.165) is 6.42 Å². The monoisotopic (exact) mass is 396 g/mol. The van der Waals surface area contributed by atoms with E-state index in [9.17, 15) is 14.4 Å². The predicted octanol–water partition coefficient (Wildman–Crippen LogP) is 3.29. The van der Waals surface area contributed by atoms with Gasteiger partial charge in [0.1, 0.15) is 11.8 Å². The van der Waals surface area contributed by atoms with Crippen LogP contribution >= 0.6 is 0 Å². The second kappa shape index (κ2) is 9.09. The lowest BCUT2D eigenvalue weighted by Crippen LogP contribution is -2.45. The number of likely N-dealkylation sites (tertiary alicyclic amines) is 1. The lowest BCUT2D eigenvalue weighted by molar-refractivity contribution is -0.119. The van der Waals surface area contributed by atoms with Gasteiger partial charge in [0.05, 0.1) is 12.8 Å². The molecule has 4 amide bonds. The van der Waals surface area contributed by atoms with Crippen molar-refractivity contribution in [3.05, 3.63) is 48.5 Å². The third kappa shape index (κ3) is 5.04. The zero-order chi connectivity index (χ0) is 20.8. The molecule has 1 fully saturated rings. The SMILES string of the molecule is COc1ccccc1NC(=O)N1CCC[C@H]1C(=O)Nc1ccc(NC(C)=O)cc1. The Hall–Kier alpha value is -3.55. The third-order valence-corrected chi connectivity index (χ3v) is 4.64. The Balaban J connectivity index is 1.64. The third-order valence-electron chi connectivity index (χ3n) is 4.64. The summed E-state index contributed by atoms with van der Waals surface area (Å²) in [5.41, 5.74) is 1.80. The van der Waals surface area contributed by atoms with Gasteiger partial charge in [-0.2, -0.15) is 0 Å². The molecule has 0 unspecified atom stereocenters. The molecule has 3 rings (SSSR count). The summed E-state index contributed by atoms with van der Waals surface area (Å²) in [7, 11) is 1.54. The summed E-state index contributed by atoms with van der Waals surface area (Å²) < 4.78 is 5.26. The van der Waals surface area contributed by atoms with Gasteiger partial charge in [-0.3, -0.25) is 9.59 Å². The van der Waals surface area contributed by atoms with Gasteiger partial charge in [-0.25, -0.2) is 4.79 Å². The van der Waals surface area contributed by atoms with E-state index in [1.807, 2.05) is 6.07 Å². The van der Waals surface area contributed by atoms with Crippen LogP contribution in [-0.4, -0.2) is 42.4 Å². The zero-order valence-electron chi connectivity index (χ0n) is 16.4. The molecule has 2 aromatic rings. The Bertz CT molecular complexity index is 898. The van der Waals surface area contributed by atoms with E-state index in [-0.39, 0.29) is 17.8 Å². The van der Waals surface area contributed by atoms with Crippen molar-refractivity contribution in [2.75, 3.05) is 29.6 Å². The van der Waals surface area contributed by atoms with Crippen molar-refractivity contribution < 1.29 is 19.1 Å². The van der Waals surface area contributed by atoms with Gasteiger partial charge in [0, 0.05) is 24.8 Å². The molecule has 0 aromatic heterocycles. The molecule has 1 aliphatic heterocycles. The van der Waals surface area contributed by atoms with E-state index >= 15 is 0 Å². The van der Waals surface area contributed by atoms with Gasteiger partial charge in [-0.05, 0) is 49.2 Å². The highest BCUT2D eigenvalue weighted by Gasteiger charge is 2.34. The molecule has 29 heavy (non-hydrogen) atoms. The van der Waals surface area contributed by atoms with Crippen LogP contribution in [0, 0.1) is 0 Å². The second-order valence-corrected chi connectivity index (χ2v) is 6.73. The number of nitrogens with zero attached hydrogens (tertiary/aromatic N) is 1. The molecule has 8 heteroatoms. The van der Waals surface area contributed by atoms with Crippen LogP contribution in [0.5, 0.6) is 5.75 Å². The summed E-state index contributed by atoms with van der Waals surface area (Å²) in [6, 6.07) is 13.1. The number of methoxy groups -OCH3 is 1. The van der Waals surface area contributed by atoms with Crippen LogP contribution in [0.4, 0.5) is 21.9 Å². The van der Waals surface area contributed by atoms with E-state index < -0.39 is 6.04 Å². The smallest absolute Gasteiger partial charge is 0.322 e. The van der Waals surface area contributed by atoms with Crippen LogP contribution in [-0.2, 0) is 9.59 Å². The number of nitrogens with one attached hydrogen (secondary N) is 3. The number of benzene rings is 2. The highest BCUT2D eigenvalue weighted by molar-refractivity contribution is 6.00. The van der Waals surface area contributed by atoms with Crippen LogP contribution in [0.3, 0.4) is 0 Å². The fourth-order valence-corrected chi connectivity index (χ4v) is 3.28. The van der Waals surface area contributed by atoms with Crippen molar-refractivity contribution in [1.29, 1.82) is 0 Å². The molecule has 1 aliphatic rings. The Morgan fingerprint density at radius 1 is 0.966 bits per heavy atom. The van der Waals surface area contributed by atoms with Crippen LogP contribution in [0.15, 0.2) is 48.5 Å². The molecular formula is C21H24N4O4. The lowest BCUT2D eigenvalue weighted by Gasteiger charge is -2.24. The number of amides is 4. The van der Waals surface area contributed by atoms with Crippen LogP contribution < -0.4 is 20.7 Å². The fourth-order valence-electron chi connectivity index (χ4n) is 3.28. The van der Waals surface area contributed by atoms with Crippen molar-refractivity contribution in [3.8, 4) is 5.75 Å². The zero-order valence-corrected chi connectivity index (χ0v) is 16.4. The first-order chi connectivity index (χ1) is 14.0. The maximum absolute atomic E-state index is 12.7. The summed E-state index contributed by atoms with van der Waals surface area (Å²) in [4.78, 5) is 38.1. The summed E-state index contributed by atoms with van der Waals surface area (Å²) in [6.07, 6.45) is 1.34. The number of carbonyl (C=O) groups excluding carboxylic acids is 3. The highest BCUT2D eigenvalue weighted by Crippen LogP contribution is 2.26. The van der Waals surface area contributed by atoms with Gasteiger partial charge < -0.3 is 25.6 Å². The topological polar surface area (TPSA) is 99.8 Å². The summed E-state index contributed by atoms with van der Waals surface area (Å²) in [5.74, 6) is 0.148. The van der Waals surface area contributed by atoms with Crippen LogP contribution in [0.2, 0.25) is 0 Å². The Kier molecular flexibility index (Phi) is 6.33. The molecule has 8 nitrogen and oxygen atoms in total. The summed E-state index contributed by atoms with van der Waals surface area (Å²) in [6.45, 7) is 1.93. The van der Waals surface area contributed by atoms with Crippen molar-refractivity contribution in [2.24, 2.45) is 0 Å². The van der Waals surface area contributed by atoms with E-state index in [4.69, 9.17) is 4.74 Å². The first kappa shape index (κ1) is 20.2. The van der Waals surface area contributed by atoms with E-state index in [1.165, 1.54) is 18.9 Å². The minimum absolute atomic E-state index is 0.163. The number of urea groups is 1. The minimum Gasteiger partial charge on any atom is -0.495 e. The lowest BCUT2D eigenvalue weighted by atomic mass is 10.2. The van der Waals surface area contributed by atoms with E-state index in [1.54, 1.807) is 42.5 Å². The normalized spacial score (nSPS) is 15.5. The van der Waals surface area contributed by atoms with Gasteiger partial charge in [0.25, 0.3) is 0 Å². The minimum atomic E-state index is -0.556. The quantitative estimate of drug-likeness (QED) is 0.722. The number of carbonyl (C=O) groups is 3. The summed E-state index contributed by atoms with van der Waals surface area (Å²) in [5, 5.41) is 8.33. The van der Waals surface area contributed by atoms with Crippen molar-refractivity contribution in [2.45, 2.75) is 25.8 Å². The first-order valence-corrected chi connectivity index (χ1v) is 9.37. The van der Waals surface area contributed by atoms with Crippen molar-refractivity contribution in [3.63, 3.8) is 0 Å². The number of hydrogen-bond donors (Lipinski definition) is 3. The molecule has 0 radical (unpaired) electrons. The molecule has 1 atom stereocenters. The molecule has 0 aliphatic carbocycles. The molecule has 3 N–H and O–H groups in total. The molecular weight excluding hydrogens is 372 g/mol. The second-order valence-electron chi connectivity index (χ2n) is 6.73. The van der Waals surface area contributed by atoms with Gasteiger partial charge in [0.15, 0.2) is 0 Å². The Morgan fingerprint density at radius 3 is 2.28 bits per heavy atom. The number of rotatable bonds is 5.